The second-order valence-corrected chi connectivity index (χ2v) is 5.55. The summed E-state index contributed by atoms with van der Waals surface area (Å²) in [4.78, 5) is 9.75. The van der Waals surface area contributed by atoms with Gasteiger partial charge in [0.2, 0.25) is 0 Å². The molecule has 1 N–H and O–H groups in total. The molecule has 1 saturated heterocycles. The Hall–Kier alpha value is -2.66. The van der Waals surface area contributed by atoms with Crippen LogP contribution in [0.1, 0.15) is 29.3 Å². The van der Waals surface area contributed by atoms with Crippen molar-refractivity contribution in [1.29, 1.82) is 5.26 Å². The molecular formula is C16H13F3N4O. The van der Waals surface area contributed by atoms with E-state index in [-0.39, 0.29) is 12.2 Å². The molecule has 0 radical (unpaired) electrons. The summed E-state index contributed by atoms with van der Waals surface area (Å²) in [5.41, 5.74) is -0.131. The number of hydrogen-bond acceptors (Lipinski definition) is 5. The topological polar surface area (TPSA) is 73.0 Å². The van der Waals surface area contributed by atoms with Gasteiger partial charge < -0.3 is 10.0 Å². The van der Waals surface area contributed by atoms with E-state index in [9.17, 15) is 18.3 Å². The molecular weight excluding hydrogens is 321 g/mol. The van der Waals surface area contributed by atoms with Crippen molar-refractivity contribution in [2.75, 3.05) is 11.4 Å². The van der Waals surface area contributed by atoms with Crippen LogP contribution in [0.2, 0.25) is 0 Å². The van der Waals surface area contributed by atoms with Crippen molar-refractivity contribution >= 4 is 5.82 Å². The number of aliphatic hydroxyl groups excluding tert-OH is 1. The average Bonchev–Trinajstić information content (AvgIpc) is 2.96. The van der Waals surface area contributed by atoms with E-state index in [2.05, 4.69) is 9.97 Å². The van der Waals surface area contributed by atoms with E-state index < -0.39 is 23.9 Å². The van der Waals surface area contributed by atoms with Gasteiger partial charge in [-0.05, 0) is 24.1 Å². The zero-order valence-corrected chi connectivity index (χ0v) is 12.4. The van der Waals surface area contributed by atoms with Crippen molar-refractivity contribution < 1.29 is 18.3 Å². The van der Waals surface area contributed by atoms with Crippen molar-refractivity contribution in [2.45, 2.75) is 24.7 Å². The fourth-order valence-electron chi connectivity index (χ4n) is 2.83. The van der Waals surface area contributed by atoms with Gasteiger partial charge in [0.05, 0.1) is 30.1 Å². The van der Waals surface area contributed by atoms with Crippen molar-refractivity contribution in [3.63, 3.8) is 0 Å². The molecule has 2 unspecified atom stereocenters. The van der Waals surface area contributed by atoms with Gasteiger partial charge in [-0.25, -0.2) is 9.97 Å². The molecule has 2 aromatic rings. The number of anilines is 1. The number of β-amino-alcohol motifs (C(OH)–C–C–N with tert-alkyl or cyclic N) is 1. The highest BCUT2D eigenvalue weighted by atomic mass is 19.4. The van der Waals surface area contributed by atoms with Crippen LogP contribution >= 0.6 is 0 Å². The Labute approximate surface area is 136 Å². The molecule has 3 rings (SSSR count). The Balaban J connectivity index is 1.95. The van der Waals surface area contributed by atoms with Gasteiger partial charge in [-0.15, -0.1) is 0 Å². The molecule has 1 fully saturated rings. The number of benzene rings is 1. The van der Waals surface area contributed by atoms with Crippen LogP contribution < -0.4 is 4.90 Å². The third-order valence-electron chi connectivity index (χ3n) is 3.92. The molecule has 2 atom stereocenters. The Morgan fingerprint density at radius 2 is 2.04 bits per heavy atom. The number of aromatic nitrogens is 2. The first-order valence-corrected chi connectivity index (χ1v) is 7.22. The lowest BCUT2D eigenvalue weighted by atomic mass is 10.0. The van der Waals surface area contributed by atoms with Gasteiger partial charge in [-0.1, -0.05) is 12.1 Å². The summed E-state index contributed by atoms with van der Waals surface area (Å²) in [6.45, 7) is 0.238. The molecule has 0 saturated carbocycles. The molecule has 1 aromatic heterocycles. The predicted molar refractivity (Wildman–Crippen MR) is 78.9 cm³/mol. The Kier molecular flexibility index (Phi) is 4.11. The van der Waals surface area contributed by atoms with Gasteiger partial charge in [0.1, 0.15) is 11.9 Å². The minimum Gasteiger partial charge on any atom is -0.391 e. The lowest BCUT2D eigenvalue weighted by molar-refractivity contribution is -0.137. The molecule has 0 aliphatic carbocycles. The fraction of sp³-hybridized carbons (Fsp3) is 0.312. The SMILES string of the molecule is N#Cc1cnc(N2CC(O)CC2c2cccc(C(F)(F)F)c2)cn1. The average molecular weight is 334 g/mol. The van der Waals surface area contributed by atoms with Crippen LogP contribution in [-0.2, 0) is 6.18 Å². The third kappa shape index (κ3) is 3.16. The van der Waals surface area contributed by atoms with Crippen LogP contribution in [0.5, 0.6) is 0 Å². The number of halogens is 3. The van der Waals surface area contributed by atoms with Crippen LogP contribution in [0.4, 0.5) is 19.0 Å². The lowest BCUT2D eigenvalue weighted by Crippen LogP contribution is -2.25. The maximum Gasteiger partial charge on any atom is 0.416 e. The van der Waals surface area contributed by atoms with Crippen molar-refractivity contribution in [1.82, 2.24) is 9.97 Å². The smallest absolute Gasteiger partial charge is 0.391 e. The molecule has 0 spiro atoms. The lowest BCUT2D eigenvalue weighted by Gasteiger charge is -2.26. The van der Waals surface area contributed by atoms with E-state index in [4.69, 9.17) is 5.26 Å². The highest BCUT2D eigenvalue weighted by Crippen LogP contribution is 2.37. The number of rotatable bonds is 2. The predicted octanol–water partition coefficient (Wildman–Crippen LogP) is 2.68. The zero-order chi connectivity index (χ0) is 17.3. The van der Waals surface area contributed by atoms with Gasteiger partial charge in [-0.3, -0.25) is 0 Å². The summed E-state index contributed by atoms with van der Waals surface area (Å²) in [5.74, 6) is 0.410. The number of nitriles is 1. The highest BCUT2D eigenvalue weighted by molar-refractivity contribution is 5.44. The molecule has 0 bridgehead atoms. The minimum atomic E-state index is -4.42. The van der Waals surface area contributed by atoms with Crippen molar-refractivity contribution in [2.24, 2.45) is 0 Å². The minimum absolute atomic E-state index is 0.147. The van der Waals surface area contributed by atoms with Crippen LogP contribution in [-0.4, -0.2) is 27.7 Å². The highest BCUT2D eigenvalue weighted by Gasteiger charge is 2.35. The first-order valence-electron chi connectivity index (χ1n) is 7.22. The normalized spacial score (nSPS) is 20.9. The fourth-order valence-corrected chi connectivity index (χ4v) is 2.83. The first kappa shape index (κ1) is 16.2. The Morgan fingerprint density at radius 1 is 1.25 bits per heavy atom. The summed E-state index contributed by atoms with van der Waals surface area (Å²) in [6, 6.07) is 6.47. The molecule has 1 aromatic carbocycles. The van der Waals surface area contributed by atoms with Crippen LogP contribution in [0.15, 0.2) is 36.7 Å². The maximum absolute atomic E-state index is 12.9. The van der Waals surface area contributed by atoms with E-state index in [1.54, 1.807) is 11.0 Å². The van der Waals surface area contributed by atoms with Crippen molar-refractivity contribution in [3.8, 4) is 6.07 Å². The van der Waals surface area contributed by atoms with E-state index in [0.717, 1.165) is 12.1 Å². The summed E-state index contributed by atoms with van der Waals surface area (Å²) >= 11 is 0. The second-order valence-electron chi connectivity index (χ2n) is 5.55. The van der Waals surface area contributed by atoms with Crippen LogP contribution in [0, 0.1) is 11.3 Å². The maximum atomic E-state index is 12.9. The molecule has 1 aliphatic rings. The van der Waals surface area contributed by atoms with E-state index in [0.29, 0.717) is 17.8 Å². The largest absolute Gasteiger partial charge is 0.416 e. The third-order valence-corrected chi connectivity index (χ3v) is 3.92. The monoisotopic (exact) mass is 334 g/mol. The molecule has 0 amide bonds. The number of alkyl halides is 3. The Bertz CT molecular complexity index is 770. The van der Waals surface area contributed by atoms with E-state index >= 15 is 0 Å². The van der Waals surface area contributed by atoms with Crippen LogP contribution in [0.3, 0.4) is 0 Å². The van der Waals surface area contributed by atoms with Gasteiger partial charge >= 0.3 is 6.18 Å². The summed E-state index contributed by atoms with van der Waals surface area (Å²) in [5, 5.41) is 18.7. The van der Waals surface area contributed by atoms with E-state index in [1.807, 2.05) is 6.07 Å². The molecule has 124 valence electrons. The molecule has 8 heteroatoms. The van der Waals surface area contributed by atoms with Gasteiger partial charge in [-0.2, -0.15) is 18.4 Å². The number of hydrogen-bond donors (Lipinski definition) is 1. The standard InChI is InChI=1S/C16H13F3N4O/c17-16(18,19)11-3-1-2-10(4-11)14-5-13(24)9-23(14)15-8-21-12(6-20)7-22-15/h1-4,7-8,13-14,24H,5,9H2. The van der Waals surface area contributed by atoms with Crippen molar-refractivity contribution in [3.05, 3.63) is 53.5 Å². The molecule has 1 aliphatic heterocycles. The number of aliphatic hydroxyl groups is 1. The molecule has 2 heterocycles. The van der Waals surface area contributed by atoms with Gasteiger partial charge in [0.15, 0.2) is 5.69 Å². The summed E-state index contributed by atoms with van der Waals surface area (Å²) in [6.07, 6.45) is -2.13. The summed E-state index contributed by atoms with van der Waals surface area (Å²) < 4.78 is 38.8. The quantitative estimate of drug-likeness (QED) is 0.914. The van der Waals surface area contributed by atoms with Crippen LogP contribution in [0.25, 0.3) is 0 Å². The van der Waals surface area contributed by atoms with E-state index in [1.165, 1.54) is 18.5 Å². The first-order chi connectivity index (χ1) is 11.4. The number of nitrogens with zero attached hydrogens (tertiary/aromatic N) is 4. The molecule has 5 nitrogen and oxygen atoms in total. The summed E-state index contributed by atoms with van der Waals surface area (Å²) in [7, 11) is 0. The molecule has 24 heavy (non-hydrogen) atoms. The zero-order valence-electron chi connectivity index (χ0n) is 12.4. The Morgan fingerprint density at radius 3 is 2.67 bits per heavy atom. The van der Waals surface area contributed by atoms with Gasteiger partial charge in [0, 0.05) is 6.54 Å². The second kappa shape index (κ2) is 6.09. The van der Waals surface area contributed by atoms with Gasteiger partial charge in [0.25, 0.3) is 0 Å².